The van der Waals surface area contributed by atoms with E-state index in [1.54, 1.807) is 24.3 Å². The third-order valence-corrected chi connectivity index (χ3v) is 7.35. The monoisotopic (exact) mass is 493 g/mol. The van der Waals surface area contributed by atoms with Crippen LogP contribution in [0, 0.1) is 13.8 Å². The summed E-state index contributed by atoms with van der Waals surface area (Å²) in [7, 11) is 0. The number of thiophene rings is 2. The molecule has 174 valence electrons. The Kier molecular flexibility index (Phi) is 7.04. The number of benzene rings is 1. The molecule has 3 heterocycles. The van der Waals surface area contributed by atoms with Gasteiger partial charge in [-0.2, -0.15) is 5.10 Å². The van der Waals surface area contributed by atoms with E-state index < -0.39 is 11.9 Å². The number of carbonyl (C=O) groups is 2. The van der Waals surface area contributed by atoms with E-state index in [2.05, 4.69) is 10.4 Å². The second kappa shape index (κ2) is 10.1. The maximum atomic E-state index is 12.9. The average molecular weight is 494 g/mol. The summed E-state index contributed by atoms with van der Waals surface area (Å²) in [5.41, 5.74) is 2.23. The number of rotatable bonds is 7. The molecule has 0 bridgehead atoms. The number of hydrogen-bond donors (Lipinski definition) is 1. The fraction of sp³-hybridized carbons (Fsp3) is 0.200. The number of aryl methyl sites for hydroxylation is 1. The molecule has 4 aromatic rings. The van der Waals surface area contributed by atoms with E-state index in [9.17, 15) is 14.4 Å². The van der Waals surface area contributed by atoms with Crippen LogP contribution in [-0.4, -0.2) is 28.3 Å². The highest BCUT2D eigenvalue weighted by Gasteiger charge is 2.24. The summed E-state index contributed by atoms with van der Waals surface area (Å²) in [5, 5.41) is 7.55. The van der Waals surface area contributed by atoms with Crippen LogP contribution in [-0.2, 0) is 16.1 Å². The standard InChI is InChI=1S/C25H23N3O4S2/c1-4-32-25(31)22-16(3)23(17-8-6-5-7-9-17)34-24(22)26-20(29)14-28-21(30)13-11-18(27-28)19-12-10-15(2)33-19/h5-13H,4,14H2,1-3H3,(H,26,29). The van der Waals surface area contributed by atoms with Gasteiger partial charge in [-0.1, -0.05) is 30.3 Å². The summed E-state index contributed by atoms with van der Waals surface area (Å²) in [5.74, 6) is -0.959. The van der Waals surface area contributed by atoms with E-state index >= 15 is 0 Å². The highest BCUT2D eigenvalue weighted by molar-refractivity contribution is 7.20. The first-order chi connectivity index (χ1) is 16.4. The van der Waals surface area contributed by atoms with Gasteiger partial charge in [0.15, 0.2) is 0 Å². The zero-order valence-electron chi connectivity index (χ0n) is 19.0. The van der Waals surface area contributed by atoms with Gasteiger partial charge in [0.05, 0.1) is 17.0 Å². The lowest BCUT2D eigenvalue weighted by molar-refractivity contribution is -0.116. The lowest BCUT2D eigenvalue weighted by atomic mass is 10.1. The van der Waals surface area contributed by atoms with E-state index in [1.165, 1.54) is 17.4 Å². The number of amides is 1. The maximum Gasteiger partial charge on any atom is 0.341 e. The van der Waals surface area contributed by atoms with Gasteiger partial charge in [0.2, 0.25) is 5.91 Å². The van der Waals surface area contributed by atoms with Crippen LogP contribution in [0.15, 0.2) is 59.4 Å². The van der Waals surface area contributed by atoms with E-state index in [4.69, 9.17) is 4.74 Å². The lowest BCUT2D eigenvalue weighted by Gasteiger charge is -2.09. The van der Waals surface area contributed by atoms with E-state index in [1.807, 2.05) is 56.3 Å². The number of nitrogens with one attached hydrogen (secondary N) is 1. The van der Waals surface area contributed by atoms with Crippen molar-refractivity contribution in [1.29, 1.82) is 0 Å². The molecule has 0 saturated heterocycles. The van der Waals surface area contributed by atoms with Gasteiger partial charge in [-0.25, -0.2) is 9.48 Å². The molecule has 0 aliphatic carbocycles. The summed E-state index contributed by atoms with van der Waals surface area (Å²) in [4.78, 5) is 40.9. The molecule has 34 heavy (non-hydrogen) atoms. The normalized spacial score (nSPS) is 10.8. The van der Waals surface area contributed by atoms with Crippen molar-refractivity contribution < 1.29 is 14.3 Å². The van der Waals surface area contributed by atoms with Crippen molar-refractivity contribution >= 4 is 39.6 Å². The van der Waals surface area contributed by atoms with Crippen molar-refractivity contribution in [2.45, 2.75) is 27.3 Å². The predicted octanol–water partition coefficient (Wildman–Crippen LogP) is 5.13. The number of aromatic nitrogens is 2. The summed E-state index contributed by atoms with van der Waals surface area (Å²) in [6, 6.07) is 16.6. The Morgan fingerprint density at radius 1 is 1.03 bits per heavy atom. The van der Waals surface area contributed by atoms with Gasteiger partial charge in [-0.3, -0.25) is 9.59 Å². The first-order valence-electron chi connectivity index (χ1n) is 10.7. The molecule has 0 fully saturated rings. The molecule has 0 radical (unpaired) electrons. The second-order valence-corrected chi connectivity index (χ2v) is 9.83. The van der Waals surface area contributed by atoms with Crippen LogP contribution in [0.1, 0.15) is 27.7 Å². The van der Waals surface area contributed by atoms with Crippen LogP contribution >= 0.6 is 22.7 Å². The van der Waals surface area contributed by atoms with Gasteiger partial charge in [0.1, 0.15) is 17.2 Å². The molecule has 0 aliphatic rings. The molecule has 4 rings (SSSR count). The quantitative estimate of drug-likeness (QED) is 0.360. The Bertz CT molecular complexity index is 1400. The molecule has 7 nitrogen and oxygen atoms in total. The third-order valence-electron chi connectivity index (χ3n) is 5.07. The second-order valence-electron chi connectivity index (χ2n) is 7.52. The topological polar surface area (TPSA) is 90.3 Å². The van der Waals surface area contributed by atoms with Crippen molar-refractivity contribution in [2.75, 3.05) is 11.9 Å². The zero-order chi connectivity index (χ0) is 24.2. The molecule has 0 aliphatic heterocycles. The Balaban J connectivity index is 1.63. The summed E-state index contributed by atoms with van der Waals surface area (Å²) >= 11 is 2.86. The van der Waals surface area contributed by atoms with Gasteiger partial charge in [0.25, 0.3) is 5.56 Å². The molecule has 1 amide bonds. The molecular weight excluding hydrogens is 470 g/mol. The van der Waals surface area contributed by atoms with Crippen LogP contribution in [0.25, 0.3) is 21.0 Å². The van der Waals surface area contributed by atoms with Crippen LogP contribution < -0.4 is 10.9 Å². The first-order valence-corrected chi connectivity index (χ1v) is 12.3. The number of anilines is 1. The maximum absolute atomic E-state index is 12.9. The molecule has 3 aromatic heterocycles. The molecular formula is C25H23N3O4S2. The molecule has 0 atom stereocenters. The fourth-order valence-electron chi connectivity index (χ4n) is 3.48. The van der Waals surface area contributed by atoms with Crippen molar-refractivity contribution in [3.05, 3.63) is 81.0 Å². The largest absolute Gasteiger partial charge is 0.462 e. The number of ether oxygens (including phenoxy) is 1. The van der Waals surface area contributed by atoms with E-state index in [-0.39, 0.29) is 18.7 Å². The van der Waals surface area contributed by atoms with Gasteiger partial charge in [0, 0.05) is 15.8 Å². The van der Waals surface area contributed by atoms with Gasteiger partial charge in [-0.05, 0) is 50.1 Å². The van der Waals surface area contributed by atoms with Crippen LogP contribution in [0.3, 0.4) is 0 Å². The average Bonchev–Trinajstić information content (AvgIpc) is 3.39. The van der Waals surface area contributed by atoms with Crippen LogP contribution in [0.4, 0.5) is 5.00 Å². The molecule has 1 N–H and O–H groups in total. The summed E-state index contributed by atoms with van der Waals surface area (Å²) < 4.78 is 6.36. The van der Waals surface area contributed by atoms with Gasteiger partial charge >= 0.3 is 5.97 Å². The van der Waals surface area contributed by atoms with Crippen LogP contribution in [0.5, 0.6) is 0 Å². The minimum Gasteiger partial charge on any atom is -0.462 e. The van der Waals surface area contributed by atoms with Crippen molar-refractivity contribution in [2.24, 2.45) is 0 Å². The number of carbonyl (C=O) groups excluding carboxylic acids is 2. The lowest BCUT2D eigenvalue weighted by Crippen LogP contribution is -2.29. The fourth-order valence-corrected chi connectivity index (χ4v) is 5.53. The van der Waals surface area contributed by atoms with Crippen molar-refractivity contribution in [1.82, 2.24) is 9.78 Å². The van der Waals surface area contributed by atoms with Gasteiger partial charge < -0.3 is 10.1 Å². The first kappa shape index (κ1) is 23.6. The van der Waals surface area contributed by atoms with Gasteiger partial charge in [-0.15, -0.1) is 22.7 Å². The number of hydrogen-bond acceptors (Lipinski definition) is 7. The Labute approximate surface area is 204 Å². The minimum absolute atomic E-state index is 0.219. The minimum atomic E-state index is -0.501. The molecule has 0 saturated carbocycles. The van der Waals surface area contributed by atoms with E-state index in [0.717, 1.165) is 30.4 Å². The molecule has 0 spiro atoms. The molecule has 1 aromatic carbocycles. The third kappa shape index (κ3) is 5.00. The van der Waals surface area contributed by atoms with Crippen molar-refractivity contribution in [3.8, 4) is 21.0 Å². The smallest absolute Gasteiger partial charge is 0.341 e. The number of esters is 1. The van der Waals surface area contributed by atoms with Crippen LogP contribution in [0.2, 0.25) is 0 Å². The Morgan fingerprint density at radius 3 is 2.47 bits per heavy atom. The molecule has 9 heteroatoms. The highest BCUT2D eigenvalue weighted by atomic mass is 32.1. The zero-order valence-corrected chi connectivity index (χ0v) is 20.6. The molecule has 0 unspecified atom stereocenters. The van der Waals surface area contributed by atoms with Crippen molar-refractivity contribution in [3.63, 3.8) is 0 Å². The Hall–Kier alpha value is -3.56. The van der Waals surface area contributed by atoms with E-state index in [0.29, 0.717) is 16.3 Å². The summed E-state index contributed by atoms with van der Waals surface area (Å²) in [6.45, 7) is 5.49. The Morgan fingerprint density at radius 2 is 1.79 bits per heavy atom. The highest BCUT2D eigenvalue weighted by Crippen LogP contribution is 2.40. The summed E-state index contributed by atoms with van der Waals surface area (Å²) in [6.07, 6.45) is 0. The SMILES string of the molecule is CCOC(=O)c1c(NC(=O)Cn2nc(-c3ccc(C)s3)ccc2=O)sc(-c2ccccc2)c1C. The predicted molar refractivity (Wildman–Crippen MR) is 136 cm³/mol. The number of nitrogens with zero attached hydrogens (tertiary/aromatic N) is 2.